The van der Waals surface area contributed by atoms with Gasteiger partial charge in [-0.15, -0.1) is 0 Å². The van der Waals surface area contributed by atoms with Crippen LogP contribution in [0.5, 0.6) is 0 Å². The Morgan fingerprint density at radius 1 is 1.18 bits per heavy atom. The van der Waals surface area contributed by atoms with Gasteiger partial charge in [-0.1, -0.05) is 6.92 Å². The molecule has 0 aliphatic heterocycles. The molecule has 0 rings (SSSR count). The summed E-state index contributed by atoms with van der Waals surface area (Å²) in [6.45, 7) is 1.54. The molecule has 17 heavy (non-hydrogen) atoms. The standard InChI is InChI=1S/C10H18N2O5/c1-5(9(12)10(16)17)4-7(13)6(11)2-3-8(14)15/h5-6,9H,2-4,11-12H2,1H3,(H,14,15)(H,16,17)/t5?,6-,9-/m0/s1. The van der Waals surface area contributed by atoms with Crippen molar-refractivity contribution in [2.45, 2.75) is 38.3 Å². The van der Waals surface area contributed by atoms with Crippen LogP contribution in [0.2, 0.25) is 0 Å². The normalized spacial score (nSPS) is 15.9. The van der Waals surface area contributed by atoms with E-state index in [-0.39, 0.29) is 25.0 Å². The lowest BCUT2D eigenvalue weighted by molar-refractivity contribution is -0.140. The maximum Gasteiger partial charge on any atom is 0.320 e. The molecule has 0 aliphatic rings. The van der Waals surface area contributed by atoms with E-state index in [1.807, 2.05) is 0 Å². The third-order valence-electron chi connectivity index (χ3n) is 2.50. The van der Waals surface area contributed by atoms with E-state index in [4.69, 9.17) is 21.7 Å². The zero-order valence-electron chi connectivity index (χ0n) is 9.63. The van der Waals surface area contributed by atoms with E-state index in [1.165, 1.54) is 0 Å². The molecule has 0 aromatic heterocycles. The van der Waals surface area contributed by atoms with Crippen molar-refractivity contribution in [2.75, 3.05) is 0 Å². The molecule has 0 aliphatic carbocycles. The summed E-state index contributed by atoms with van der Waals surface area (Å²) in [4.78, 5) is 32.4. The Balaban J connectivity index is 4.15. The van der Waals surface area contributed by atoms with Gasteiger partial charge in [-0.25, -0.2) is 0 Å². The Morgan fingerprint density at radius 3 is 2.12 bits per heavy atom. The highest BCUT2D eigenvalue weighted by atomic mass is 16.4. The molecule has 0 amide bonds. The molecule has 0 fully saturated rings. The number of hydrogen-bond donors (Lipinski definition) is 4. The minimum absolute atomic E-state index is 0.0448. The monoisotopic (exact) mass is 246 g/mol. The van der Waals surface area contributed by atoms with Crippen LogP contribution in [0, 0.1) is 5.92 Å². The molecule has 7 nitrogen and oxygen atoms in total. The molecule has 7 heteroatoms. The van der Waals surface area contributed by atoms with E-state index >= 15 is 0 Å². The maximum atomic E-state index is 11.5. The van der Waals surface area contributed by atoms with Gasteiger partial charge in [0.1, 0.15) is 11.8 Å². The van der Waals surface area contributed by atoms with E-state index in [1.54, 1.807) is 6.92 Å². The lowest BCUT2D eigenvalue weighted by Gasteiger charge is -2.17. The Bertz CT molecular complexity index is 305. The number of carboxylic acid groups (broad SMARTS) is 2. The summed E-state index contributed by atoms with van der Waals surface area (Å²) in [6.07, 6.45) is -0.205. The van der Waals surface area contributed by atoms with E-state index in [0.717, 1.165) is 0 Å². The van der Waals surface area contributed by atoms with Gasteiger partial charge in [0, 0.05) is 12.8 Å². The summed E-state index contributed by atoms with van der Waals surface area (Å²) in [5, 5.41) is 17.1. The molecule has 0 heterocycles. The predicted octanol–water partition coefficient (Wildman–Crippen LogP) is -0.814. The number of aliphatic carboxylic acids is 2. The summed E-state index contributed by atoms with van der Waals surface area (Å²) in [5.74, 6) is -3.10. The van der Waals surface area contributed by atoms with Gasteiger partial charge < -0.3 is 21.7 Å². The van der Waals surface area contributed by atoms with Crippen LogP contribution in [-0.2, 0) is 14.4 Å². The van der Waals surface area contributed by atoms with Crippen LogP contribution in [-0.4, -0.2) is 40.0 Å². The molecule has 0 saturated heterocycles. The predicted molar refractivity (Wildman–Crippen MR) is 59.2 cm³/mol. The fourth-order valence-electron chi connectivity index (χ4n) is 1.28. The van der Waals surface area contributed by atoms with Crippen LogP contribution in [0.1, 0.15) is 26.2 Å². The summed E-state index contributed by atoms with van der Waals surface area (Å²) in [6, 6.07) is -2.00. The van der Waals surface area contributed by atoms with Crippen molar-refractivity contribution in [1.29, 1.82) is 0 Å². The Kier molecular flexibility index (Phi) is 6.37. The van der Waals surface area contributed by atoms with Crippen molar-refractivity contribution in [3.63, 3.8) is 0 Å². The first-order valence-electron chi connectivity index (χ1n) is 5.24. The maximum absolute atomic E-state index is 11.5. The number of carbonyl (C=O) groups is 3. The number of rotatable bonds is 8. The summed E-state index contributed by atoms with van der Waals surface area (Å²) >= 11 is 0. The molecular formula is C10H18N2O5. The molecule has 6 N–H and O–H groups in total. The van der Waals surface area contributed by atoms with E-state index in [9.17, 15) is 14.4 Å². The lowest BCUT2D eigenvalue weighted by Crippen LogP contribution is -2.40. The lowest BCUT2D eigenvalue weighted by atomic mass is 9.93. The molecule has 1 unspecified atom stereocenters. The van der Waals surface area contributed by atoms with Crippen molar-refractivity contribution < 1.29 is 24.6 Å². The van der Waals surface area contributed by atoms with Crippen LogP contribution in [0.25, 0.3) is 0 Å². The first-order chi connectivity index (χ1) is 7.75. The topological polar surface area (TPSA) is 144 Å². The SMILES string of the molecule is CC(CC(=O)[C@@H](N)CCC(=O)O)[C@H](N)C(=O)O. The second-order valence-electron chi connectivity index (χ2n) is 4.05. The van der Waals surface area contributed by atoms with Crippen molar-refractivity contribution in [3.05, 3.63) is 0 Å². The largest absolute Gasteiger partial charge is 0.481 e. The number of ketones is 1. The van der Waals surface area contributed by atoms with Gasteiger partial charge in [0.05, 0.1) is 6.04 Å². The van der Waals surface area contributed by atoms with E-state index in [0.29, 0.717) is 0 Å². The summed E-state index contributed by atoms with van der Waals surface area (Å²) < 4.78 is 0. The smallest absolute Gasteiger partial charge is 0.320 e. The molecule has 0 saturated carbocycles. The van der Waals surface area contributed by atoms with Gasteiger partial charge in [0.15, 0.2) is 0 Å². The molecule has 3 atom stereocenters. The van der Waals surface area contributed by atoms with Gasteiger partial charge in [-0.2, -0.15) is 0 Å². The van der Waals surface area contributed by atoms with Crippen molar-refractivity contribution in [1.82, 2.24) is 0 Å². The first kappa shape index (κ1) is 15.5. The summed E-state index contributed by atoms with van der Waals surface area (Å²) in [7, 11) is 0. The highest BCUT2D eigenvalue weighted by molar-refractivity contribution is 5.85. The van der Waals surface area contributed by atoms with E-state index in [2.05, 4.69) is 0 Å². The zero-order chi connectivity index (χ0) is 13.6. The highest BCUT2D eigenvalue weighted by Gasteiger charge is 2.24. The fraction of sp³-hybridized carbons (Fsp3) is 0.700. The Morgan fingerprint density at radius 2 is 1.71 bits per heavy atom. The molecule has 98 valence electrons. The van der Waals surface area contributed by atoms with Crippen molar-refractivity contribution in [2.24, 2.45) is 17.4 Å². The number of carboxylic acids is 2. The third kappa shape index (κ3) is 5.98. The van der Waals surface area contributed by atoms with Gasteiger partial charge >= 0.3 is 11.9 Å². The Labute approximate surface area is 98.8 Å². The minimum Gasteiger partial charge on any atom is -0.481 e. The molecule has 0 aromatic carbocycles. The van der Waals surface area contributed by atoms with Crippen LogP contribution >= 0.6 is 0 Å². The average molecular weight is 246 g/mol. The van der Waals surface area contributed by atoms with Crippen molar-refractivity contribution in [3.8, 4) is 0 Å². The van der Waals surface area contributed by atoms with Crippen LogP contribution in [0.3, 0.4) is 0 Å². The number of nitrogens with two attached hydrogens (primary N) is 2. The molecule has 0 radical (unpaired) electrons. The van der Waals surface area contributed by atoms with Gasteiger partial charge in [-0.3, -0.25) is 14.4 Å². The van der Waals surface area contributed by atoms with Crippen LogP contribution < -0.4 is 11.5 Å². The van der Waals surface area contributed by atoms with Crippen LogP contribution in [0.4, 0.5) is 0 Å². The molecule has 0 aromatic rings. The number of carbonyl (C=O) groups excluding carboxylic acids is 1. The molecule has 0 spiro atoms. The highest BCUT2D eigenvalue weighted by Crippen LogP contribution is 2.10. The second kappa shape index (κ2) is 6.97. The van der Waals surface area contributed by atoms with Gasteiger partial charge in [0.2, 0.25) is 0 Å². The van der Waals surface area contributed by atoms with Crippen LogP contribution in [0.15, 0.2) is 0 Å². The second-order valence-corrected chi connectivity index (χ2v) is 4.05. The fourth-order valence-corrected chi connectivity index (χ4v) is 1.28. The van der Waals surface area contributed by atoms with Crippen molar-refractivity contribution >= 4 is 17.7 Å². The first-order valence-corrected chi connectivity index (χ1v) is 5.24. The average Bonchev–Trinajstić information content (AvgIpc) is 2.24. The third-order valence-corrected chi connectivity index (χ3v) is 2.50. The van der Waals surface area contributed by atoms with Gasteiger partial charge in [-0.05, 0) is 12.3 Å². The van der Waals surface area contributed by atoms with Gasteiger partial charge in [0.25, 0.3) is 0 Å². The van der Waals surface area contributed by atoms with E-state index < -0.39 is 29.9 Å². The zero-order valence-corrected chi connectivity index (χ0v) is 9.63. The Hall–Kier alpha value is -1.47. The number of hydrogen-bond acceptors (Lipinski definition) is 5. The quantitative estimate of drug-likeness (QED) is 0.438. The number of Topliss-reactive ketones (excluding diaryl/α,β-unsaturated/α-hetero) is 1. The minimum atomic E-state index is -1.18. The summed E-state index contributed by atoms with van der Waals surface area (Å²) in [5.41, 5.74) is 10.8. The molecular weight excluding hydrogens is 228 g/mol. The molecule has 0 bridgehead atoms.